The minimum absolute atomic E-state index is 0.133. The summed E-state index contributed by atoms with van der Waals surface area (Å²) in [6.45, 7) is 3.97. The summed E-state index contributed by atoms with van der Waals surface area (Å²) in [5, 5.41) is 9.76. The molecule has 0 radical (unpaired) electrons. The maximum Gasteiger partial charge on any atom is 0.303 e. The summed E-state index contributed by atoms with van der Waals surface area (Å²) >= 11 is 0. The van der Waals surface area contributed by atoms with Gasteiger partial charge in [-0.05, 0) is 18.9 Å². The van der Waals surface area contributed by atoms with Crippen LogP contribution in [0, 0.1) is 6.92 Å². The first-order valence-electron chi connectivity index (χ1n) is 6.06. The predicted octanol–water partition coefficient (Wildman–Crippen LogP) is 1.86. The predicted molar refractivity (Wildman–Crippen MR) is 68.6 cm³/mol. The molecule has 0 aliphatic heterocycles. The van der Waals surface area contributed by atoms with Crippen LogP contribution in [0.15, 0.2) is 6.20 Å². The SMILES string of the molecule is CCc1nc(C)c2c(CCC(=O)O)cn(C)c2n1. The Balaban J connectivity index is 2.52. The van der Waals surface area contributed by atoms with Crippen molar-refractivity contribution in [3.63, 3.8) is 0 Å². The average molecular weight is 247 g/mol. The van der Waals surface area contributed by atoms with E-state index in [1.807, 2.05) is 31.7 Å². The number of hydrogen-bond acceptors (Lipinski definition) is 3. The molecule has 0 unspecified atom stereocenters. The van der Waals surface area contributed by atoms with Crippen molar-refractivity contribution in [2.24, 2.45) is 7.05 Å². The van der Waals surface area contributed by atoms with E-state index in [2.05, 4.69) is 9.97 Å². The zero-order valence-electron chi connectivity index (χ0n) is 10.9. The van der Waals surface area contributed by atoms with Crippen molar-refractivity contribution in [2.45, 2.75) is 33.1 Å². The monoisotopic (exact) mass is 247 g/mol. The highest BCUT2D eigenvalue weighted by Crippen LogP contribution is 2.23. The molecular weight excluding hydrogens is 230 g/mol. The van der Waals surface area contributed by atoms with Crippen LogP contribution in [0.25, 0.3) is 11.0 Å². The molecule has 2 rings (SSSR count). The lowest BCUT2D eigenvalue weighted by molar-refractivity contribution is -0.136. The number of fused-ring (bicyclic) bond motifs is 1. The number of carboxylic acids is 1. The van der Waals surface area contributed by atoms with Crippen LogP contribution in [-0.2, 0) is 24.7 Å². The number of nitrogens with zero attached hydrogens (tertiary/aromatic N) is 3. The van der Waals surface area contributed by atoms with E-state index in [0.29, 0.717) is 6.42 Å². The lowest BCUT2D eigenvalue weighted by atomic mass is 10.1. The fraction of sp³-hybridized carbons (Fsp3) is 0.462. The summed E-state index contributed by atoms with van der Waals surface area (Å²) in [5.74, 6) is 0.0433. The molecule has 0 aromatic carbocycles. The molecule has 0 spiro atoms. The van der Waals surface area contributed by atoms with Crippen LogP contribution in [0.2, 0.25) is 0 Å². The van der Waals surface area contributed by atoms with Gasteiger partial charge in [-0.15, -0.1) is 0 Å². The zero-order chi connectivity index (χ0) is 13.3. The number of hydrogen-bond donors (Lipinski definition) is 1. The summed E-state index contributed by atoms with van der Waals surface area (Å²) in [7, 11) is 1.93. The molecule has 0 amide bonds. The van der Waals surface area contributed by atoms with Crippen molar-refractivity contribution < 1.29 is 9.90 Å². The molecule has 2 aromatic heterocycles. The van der Waals surface area contributed by atoms with Crippen molar-refractivity contribution >= 4 is 17.0 Å². The van der Waals surface area contributed by atoms with E-state index < -0.39 is 5.97 Å². The first-order valence-corrected chi connectivity index (χ1v) is 6.06. The lowest BCUT2D eigenvalue weighted by Crippen LogP contribution is -2.00. The van der Waals surface area contributed by atoms with Gasteiger partial charge in [0.2, 0.25) is 0 Å². The van der Waals surface area contributed by atoms with Gasteiger partial charge in [-0.1, -0.05) is 6.92 Å². The van der Waals surface area contributed by atoms with E-state index in [9.17, 15) is 4.79 Å². The van der Waals surface area contributed by atoms with Gasteiger partial charge < -0.3 is 9.67 Å². The number of rotatable bonds is 4. The molecule has 0 aliphatic carbocycles. The van der Waals surface area contributed by atoms with Gasteiger partial charge in [-0.25, -0.2) is 9.97 Å². The van der Waals surface area contributed by atoms with Crippen LogP contribution in [-0.4, -0.2) is 25.6 Å². The molecule has 0 saturated heterocycles. The van der Waals surface area contributed by atoms with Gasteiger partial charge >= 0.3 is 5.97 Å². The van der Waals surface area contributed by atoms with Gasteiger partial charge in [0.05, 0.1) is 5.69 Å². The standard InChI is InChI=1S/C13H17N3O2/c1-4-10-14-8(2)12-9(5-6-11(17)18)7-16(3)13(12)15-10/h7H,4-6H2,1-3H3,(H,17,18). The van der Waals surface area contributed by atoms with Crippen molar-refractivity contribution in [1.29, 1.82) is 0 Å². The second kappa shape index (κ2) is 4.76. The normalized spacial score (nSPS) is 11.1. The summed E-state index contributed by atoms with van der Waals surface area (Å²) < 4.78 is 1.94. The van der Waals surface area contributed by atoms with E-state index in [1.54, 1.807) is 0 Å². The summed E-state index contributed by atoms with van der Waals surface area (Å²) in [6, 6.07) is 0. The van der Waals surface area contributed by atoms with Gasteiger partial charge in [0.15, 0.2) is 0 Å². The minimum Gasteiger partial charge on any atom is -0.481 e. The summed E-state index contributed by atoms with van der Waals surface area (Å²) in [4.78, 5) is 19.6. The Kier molecular flexibility index (Phi) is 3.32. The summed E-state index contributed by atoms with van der Waals surface area (Å²) in [5.41, 5.74) is 2.83. The Morgan fingerprint density at radius 1 is 1.44 bits per heavy atom. The molecule has 2 aromatic rings. The van der Waals surface area contributed by atoms with Gasteiger partial charge in [0, 0.05) is 31.5 Å². The van der Waals surface area contributed by atoms with E-state index >= 15 is 0 Å². The maximum absolute atomic E-state index is 10.7. The van der Waals surface area contributed by atoms with Crippen LogP contribution in [0.4, 0.5) is 0 Å². The molecule has 0 bridgehead atoms. The zero-order valence-corrected chi connectivity index (χ0v) is 10.9. The maximum atomic E-state index is 10.7. The smallest absolute Gasteiger partial charge is 0.303 e. The Labute approximate surface area is 105 Å². The van der Waals surface area contributed by atoms with Crippen LogP contribution < -0.4 is 0 Å². The molecule has 0 atom stereocenters. The molecule has 5 nitrogen and oxygen atoms in total. The van der Waals surface area contributed by atoms with E-state index in [4.69, 9.17) is 5.11 Å². The molecule has 1 N–H and O–H groups in total. The molecule has 0 saturated carbocycles. The van der Waals surface area contributed by atoms with Gasteiger partial charge in [-0.3, -0.25) is 4.79 Å². The first-order chi connectivity index (χ1) is 8.52. The van der Waals surface area contributed by atoms with Crippen molar-refractivity contribution in [3.05, 3.63) is 23.3 Å². The number of carboxylic acid groups (broad SMARTS) is 1. The van der Waals surface area contributed by atoms with Crippen LogP contribution in [0.1, 0.15) is 30.4 Å². The summed E-state index contributed by atoms with van der Waals surface area (Å²) in [6.07, 6.45) is 3.40. The molecule has 0 fully saturated rings. The first kappa shape index (κ1) is 12.5. The highest BCUT2D eigenvalue weighted by molar-refractivity contribution is 5.83. The van der Waals surface area contributed by atoms with Crippen molar-refractivity contribution in [2.75, 3.05) is 0 Å². The fourth-order valence-electron chi connectivity index (χ4n) is 2.19. The quantitative estimate of drug-likeness (QED) is 0.895. The third kappa shape index (κ3) is 2.20. The number of aliphatic carboxylic acids is 1. The third-order valence-corrected chi connectivity index (χ3v) is 3.05. The molecule has 5 heteroatoms. The van der Waals surface area contributed by atoms with Gasteiger partial charge in [0.25, 0.3) is 0 Å². The van der Waals surface area contributed by atoms with Gasteiger partial charge in [0.1, 0.15) is 11.5 Å². The minimum atomic E-state index is -0.782. The van der Waals surface area contributed by atoms with Crippen LogP contribution >= 0.6 is 0 Å². The number of aryl methyl sites for hydroxylation is 4. The molecule has 18 heavy (non-hydrogen) atoms. The molecular formula is C13H17N3O2. The highest BCUT2D eigenvalue weighted by atomic mass is 16.4. The molecule has 0 aliphatic rings. The van der Waals surface area contributed by atoms with E-state index in [-0.39, 0.29) is 6.42 Å². The Bertz CT molecular complexity index is 602. The molecule has 96 valence electrons. The van der Waals surface area contributed by atoms with Crippen LogP contribution in [0.3, 0.4) is 0 Å². The molecule has 2 heterocycles. The highest BCUT2D eigenvalue weighted by Gasteiger charge is 2.13. The lowest BCUT2D eigenvalue weighted by Gasteiger charge is -2.03. The van der Waals surface area contributed by atoms with E-state index in [1.165, 1.54) is 0 Å². The number of aromatic nitrogens is 3. The topological polar surface area (TPSA) is 68.0 Å². The second-order valence-electron chi connectivity index (χ2n) is 4.44. The van der Waals surface area contributed by atoms with Crippen LogP contribution in [0.5, 0.6) is 0 Å². The fourth-order valence-corrected chi connectivity index (χ4v) is 2.19. The van der Waals surface area contributed by atoms with Crippen molar-refractivity contribution in [1.82, 2.24) is 14.5 Å². The average Bonchev–Trinajstić information content (AvgIpc) is 2.64. The third-order valence-electron chi connectivity index (χ3n) is 3.05. The second-order valence-corrected chi connectivity index (χ2v) is 4.44. The van der Waals surface area contributed by atoms with Crippen molar-refractivity contribution in [3.8, 4) is 0 Å². The Morgan fingerprint density at radius 2 is 2.17 bits per heavy atom. The number of carbonyl (C=O) groups is 1. The van der Waals surface area contributed by atoms with Gasteiger partial charge in [-0.2, -0.15) is 0 Å². The van der Waals surface area contributed by atoms with E-state index in [0.717, 1.165) is 34.5 Å². The Morgan fingerprint density at radius 3 is 2.78 bits per heavy atom. The Hall–Kier alpha value is -1.91. The largest absolute Gasteiger partial charge is 0.481 e.